The molecule has 1 atom stereocenters. The number of halogens is 1. The zero-order chi connectivity index (χ0) is 16.7. The van der Waals surface area contributed by atoms with Gasteiger partial charge >= 0.3 is 0 Å². The Morgan fingerprint density at radius 1 is 1.46 bits per heavy atom. The summed E-state index contributed by atoms with van der Waals surface area (Å²) in [7, 11) is 1.58. The SMILES string of the molecule is COc1c(Cl)cc(-n2cccn2)c2oc(N3CCNCC3C)nc12. The molecule has 0 aliphatic carbocycles. The van der Waals surface area contributed by atoms with Crippen LogP contribution in [0.2, 0.25) is 5.02 Å². The topological polar surface area (TPSA) is 68.3 Å². The van der Waals surface area contributed by atoms with Crippen molar-refractivity contribution in [1.29, 1.82) is 0 Å². The number of ether oxygens (including phenoxy) is 1. The molecule has 1 aromatic carbocycles. The van der Waals surface area contributed by atoms with Crippen molar-refractivity contribution in [3.8, 4) is 11.4 Å². The lowest BCUT2D eigenvalue weighted by Crippen LogP contribution is -2.50. The minimum atomic E-state index is 0.293. The number of anilines is 1. The van der Waals surface area contributed by atoms with Crippen LogP contribution in [-0.2, 0) is 0 Å². The van der Waals surface area contributed by atoms with E-state index >= 15 is 0 Å². The van der Waals surface area contributed by atoms with Crippen LogP contribution < -0.4 is 15.0 Å². The first-order chi connectivity index (χ1) is 11.7. The zero-order valence-corrected chi connectivity index (χ0v) is 14.2. The van der Waals surface area contributed by atoms with Gasteiger partial charge in [-0.15, -0.1) is 0 Å². The summed E-state index contributed by atoms with van der Waals surface area (Å²) in [5.74, 6) is 0.514. The van der Waals surface area contributed by atoms with Crippen molar-refractivity contribution < 1.29 is 9.15 Å². The number of aromatic nitrogens is 3. The van der Waals surface area contributed by atoms with Crippen molar-refractivity contribution in [2.24, 2.45) is 0 Å². The van der Waals surface area contributed by atoms with Gasteiger partial charge in [-0.1, -0.05) is 11.6 Å². The van der Waals surface area contributed by atoms with E-state index in [1.54, 1.807) is 24.1 Å². The van der Waals surface area contributed by atoms with Gasteiger partial charge in [0.15, 0.2) is 16.8 Å². The predicted octanol–water partition coefficient (Wildman–Crippen LogP) is 2.47. The van der Waals surface area contributed by atoms with Crippen LogP contribution >= 0.6 is 11.6 Å². The molecule has 0 spiro atoms. The number of oxazole rings is 1. The van der Waals surface area contributed by atoms with Crippen LogP contribution in [0.1, 0.15) is 6.92 Å². The van der Waals surface area contributed by atoms with Crippen LogP contribution in [0.15, 0.2) is 28.9 Å². The number of nitrogens with zero attached hydrogens (tertiary/aromatic N) is 4. The molecule has 8 heteroatoms. The van der Waals surface area contributed by atoms with E-state index in [-0.39, 0.29) is 0 Å². The van der Waals surface area contributed by atoms with Crippen molar-refractivity contribution in [2.75, 3.05) is 31.6 Å². The fraction of sp³-hybridized carbons (Fsp3) is 0.375. The molecule has 1 aliphatic heterocycles. The lowest BCUT2D eigenvalue weighted by molar-refractivity contribution is 0.419. The molecule has 24 heavy (non-hydrogen) atoms. The molecule has 0 saturated carbocycles. The Labute approximate surface area is 144 Å². The van der Waals surface area contributed by atoms with Gasteiger partial charge in [0.1, 0.15) is 5.69 Å². The molecule has 0 bridgehead atoms. The van der Waals surface area contributed by atoms with Crippen molar-refractivity contribution >= 4 is 28.7 Å². The van der Waals surface area contributed by atoms with E-state index in [1.807, 2.05) is 12.3 Å². The van der Waals surface area contributed by atoms with Gasteiger partial charge in [-0.3, -0.25) is 0 Å². The monoisotopic (exact) mass is 347 g/mol. The van der Waals surface area contributed by atoms with E-state index in [0.717, 1.165) is 25.3 Å². The fourth-order valence-electron chi connectivity index (χ4n) is 3.02. The van der Waals surface area contributed by atoms with Gasteiger partial charge in [0.2, 0.25) is 0 Å². The smallest absolute Gasteiger partial charge is 0.298 e. The normalized spacial score (nSPS) is 18.3. The molecule has 1 N–H and O–H groups in total. The Hall–Kier alpha value is -2.25. The van der Waals surface area contributed by atoms with Crippen molar-refractivity contribution in [1.82, 2.24) is 20.1 Å². The van der Waals surface area contributed by atoms with Gasteiger partial charge in [0.25, 0.3) is 6.01 Å². The highest BCUT2D eigenvalue weighted by Gasteiger charge is 2.26. The second-order valence-corrected chi connectivity index (χ2v) is 6.19. The maximum Gasteiger partial charge on any atom is 0.298 e. The minimum absolute atomic E-state index is 0.293. The van der Waals surface area contributed by atoms with Crippen LogP contribution in [-0.4, -0.2) is 47.6 Å². The lowest BCUT2D eigenvalue weighted by Gasteiger charge is -2.32. The van der Waals surface area contributed by atoms with Gasteiger partial charge in [-0.25, -0.2) is 4.68 Å². The summed E-state index contributed by atoms with van der Waals surface area (Å²) < 4.78 is 13.3. The minimum Gasteiger partial charge on any atom is -0.493 e. The van der Waals surface area contributed by atoms with Crippen LogP contribution in [0.4, 0.5) is 6.01 Å². The molecule has 4 rings (SSSR count). The molecule has 2 aromatic heterocycles. The van der Waals surface area contributed by atoms with Crippen molar-refractivity contribution in [2.45, 2.75) is 13.0 Å². The van der Waals surface area contributed by atoms with Gasteiger partial charge < -0.3 is 19.4 Å². The van der Waals surface area contributed by atoms with E-state index < -0.39 is 0 Å². The average Bonchev–Trinajstić information content (AvgIpc) is 3.24. The molecule has 0 amide bonds. The first kappa shape index (κ1) is 15.3. The number of benzene rings is 1. The molecule has 1 fully saturated rings. The molecule has 0 radical (unpaired) electrons. The summed E-state index contributed by atoms with van der Waals surface area (Å²) in [6, 6.07) is 4.50. The Kier molecular flexibility index (Phi) is 3.82. The Morgan fingerprint density at radius 3 is 3.04 bits per heavy atom. The Morgan fingerprint density at radius 2 is 2.33 bits per heavy atom. The molecule has 3 aromatic rings. The third-order valence-corrected chi connectivity index (χ3v) is 4.53. The van der Waals surface area contributed by atoms with Crippen LogP contribution in [0.5, 0.6) is 5.75 Å². The van der Waals surface area contributed by atoms with Gasteiger partial charge in [0.05, 0.1) is 12.1 Å². The number of rotatable bonds is 3. The van der Waals surface area contributed by atoms with E-state index in [9.17, 15) is 0 Å². The quantitative estimate of drug-likeness (QED) is 0.785. The summed E-state index contributed by atoms with van der Waals surface area (Å²) in [6.07, 6.45) is 3.55. The van der Waals surface area contributed by atoms with E-state index in [2.05, 4.69) is 27.2 Å². The Balaban J connectivity index is 1.91. The molecule has 1 aliphatic rings. The van der Waals surface area contributed by atoms with Crippen LogP contribution in [0.25, 0.3) is 16.8 Å². The third-order valence-electron chi connectivity index (χ3n) is 4.25. The standard InChI is InChI=1S/C16H18ClN5O2/c1-10-9-18-5-7-21(10)16-20-13-14(23-2)11(17)8-12(15(13)24-16)22-6-3-4-19-22/h3-4,6,8,10,18H,5,7,9H2,1-2H3. The maximum atomic E-state index is 6.38. The summed E-state index contributed by atoms with van der Waals surface area (Å²) in [5, 5.41) is 8.11. The Bertz CT molecular complexity index is 861. The fourth-order valence-corrected chi connectivity index (χ4v) is 3.29. The summed E-state index contributed by atoms with van der Waals surface area (Å²) in [4.78, 5) is 6.82. The number of methoxy groups -OCH3 is 1. The summed E-state index contributed by atoms with van der Waals surface area (Å²) >= 11 is 6.38. The van der Waals surface area contributed by atoms with E-state index in [4.69, 9.17) is 20.8 Å². The highest BCUT2D eigenvalue weighted by Crippen LogP contribution is 2.39. The second-order valence-electron chi connectivity index (χ2n) is 5.78. The van der Waals surface area contributed by atoms with Crippen LogP contribution in [0, 0.1) is 0 Å². The van der Waals surface area contributed by atoms with Gasteiger partial charge in [-0.05, 0) is 19.1 Å². The zero-order valence-electron chi connectivity index (χ0n) is 13.5. The molecular formula is C16H18ClN5O2. The number of hydrogen-bond acceptors (Lipinski definition) is 6. The van der Waals surface area contributed by atoms with E-state index in [1.165, 1.54) is 0 Å². The third kappa shape index (κ3) is 2.40. The predicted molar refractivity (Wildman–Crippen MR) is 92.4 cm³/mol. The largest absolute Gasteiger partial charge is 0.493 e. The maximum absolute atomic E-state index is 6.38. The van der Waals surface area contributed by atoms with Gasteiger partial charge in [-0.2, -0.15) is 10.1 Å². The molecule has 1 unspecified atom stereocenters. The first-order valence-electron chi connectivity index (χ1n) is 7.83. The number of piperazine rings is 1. The first-order valence-corrected chi connectivity index (χ1v) is 8.21. The summed E-state index contributed by atoms with van der Waals surface area (Å²) in [6.45, 7) is 4.76. The molecule has 7 nitrogen and oxygen atoms in total. The summed E-state index contributed by atoms with van der Waals surface area (Å²) in [5.41, 5.74) is 1.96. The highest BCUT2D eigenvalue weighted by atomic mass is 35.5. The second kappa shape index (κ2) is 5.99. The molecule has 3 heterocycles. The van der Waals surface area contributed by atoms with Crippen molar-refractivity contribution in [3.05, 3.63) is 29.5 Å². The number of fused-ring (bicyclic) bond motifs is 1. The van der Waals surface area contributed by atoms with Gasteiger partial charge in [0, 0.05) is 38.1 Å². The van der Waals surface area contributed by atoms with E-state index in [0.29, 0.717) is 33.9 Å². The lowest BCUT2D eigenvalue weighted by atomic mass is 10.2. The van der Waals surface area contributed by atoms with Crippen molar-refractivity contribution in [3.63, 3.8) is 0 Å². The molecule has 126 valence electrons. The number of nitrogens with one attached hydrogen (secondary N) is 1. The number of hydrogen-bond donors (Lipinski definition) is 1. The molecular weight excluding hydrogens is 330 g/mol. The highest BCUT2D eigenvalue weighted by molar-refractivity contribution is 6.33. The van der Waals surface area contributed by atoms with Crippen LogP contribution in [0.3, 0.4) is 0 Å². The molecule has 1 saturated heterocycles. The average molecular weight is 348 g/mol.